The number of esters is 1. The van der Waals surface area contributed by atoms with Crippen molar-refractivity contribution in [3.63, 3.8) is 0 Å². The minimum absolute atomic E-state index is 0.0471. The van der Waals surface area contributed by atoms with Gasteiger partial charge in [-0.15, -0.1) is 0 Å². The van der Waals surface area contributed by atoms with Gasteiger partial charge in [0.1, 0.15) is 11.2 Å². The quantitative estimate of drug-likeness (QED) is 0.124. The van der Waals surface area contributed by atoms with E-state index in [9.17, 15) is 14.4 Å². The summed E-state index contributed by atoms with van der Waals surface area (Å²) in [6.45, 7) is 19.7. The van der Waals surface area contributed by atoms with Crippen molar-refractivity contribution in [1.82, 2.24) is 29.6 Å². The van der Waals surface area contributed by atoms with Crippen LogP contribution in [0.1, 0.15) is 120 Å². The second-order valence-corrected chi connectivity index (χ2v) is 23.1. The number of hydrogen-bond acceptors (Lipinski definition) is 11. The Kier molecular flexibility index (Phi) is 11.2. The highest BCUT2D eigenvalue weighted by molar-refractivity contribution is 7.22. The molecule has 6 aromatic rings. The summed E-state index contributed by atoms with van der Waals surface area (Å²) in [5.74, 6) is -0.838. The molecule has 4 aromatic heterocycles. The molecule has 2 aromatic carbocycles. The maximum atomic E-state index is 14.2. The molecule has 4 saturated carbocycles. The molecule has 1 N–H and O–H groups in total. The fraction of sp³-hybridized carbons (Fsp3) is 0.481. The SMILES string of the molecule is Cc1c(-c2ccc(-c3ccc4nccc(C(=O)Nc5nc6ccccc6s5)c4c3)nc2C(=O)OC(C)(C)C)cnn1CC12CC3(C)CC(C)(C1)CC(OCCN(C)C(=O)OC(C)(C)C)(C3)C2. The summed E-state index contributed by atoms with van der Waals surface area (Å²) < 4.78 is 21.6. The minimum atomic E-state index is -0.765. The highest BCUT2D eigenvalue weighted by atomic mass is 32.1. The predicted octanol–water partition coefficient (Wildman–Crippen LogP) is 11.3. The van der Waals surface area contributed by atoms with Crippen molar-refractivity contribution in [2.24, 2.45) is 16.2 Å². The Morgan fingerprint density at radius 2 is 1.56 bits per heavy atom. The Labute approximate surface area is 390 Å². The Bertz CT molecular complexity index is 2840. The highest BCUT2D eigenvalue weighted by Crippen LogP contribution is 2.72. The molecule has 2 amide bonds. The standard InChI is InChI=1S/C52H61N7O6S/c1-32-37(24-54-59(32)31-51-26-49(8)25-50(9,27-51)29-52(28-49,30-51)63-22-21-58(10)46(62)65-48(5,6)7)34-16-18-38(55-42(34)44(61)64-47(2,3)4)33-15-17-39-36(23-33)35(19-20-53-39)43(60)57-45-56-40-13-11-12-14-41(40)66-45/h11-20,23-24H,21-22,25-31H2,1-10H3,(H,56,57,60). The van der Waals surface area contributed by atoms with Crippen LogP contribution in [0.3, 0.4) is 0 Å². The number of amides is 2. The van der Waals surface area contributed by atoms with Gasteiger partial charge >= 0.3 is 12.1 Å². The van der Waals surface area contributed by atoms with E-state index in [4.69, 9.17) is 24.3 Å². The first-order chi connectivity index (χ1) is 31.0. The average molecular weight is 912 g/mol. The number of pyridine rings is 2. The van der Waals surface area contributed by atoms with Crippen LogP contribution in [0.5, 0.6) is 0 Å². The summed E-state index contributed by atoms with van der Waals surface area (Å²) in [6.07, 6.45) is 9.37. The Morgan fingerprint density at radius 3 is 2.27 bits per heavy atom. The van der Waals surface area contributed by atoms with E-state index < -0.39 is 17.2 Å². The number of nitrogens with zero attached hydrogens (tertiary/aromatic N) is 6. The number of fused-ring (bicyclic) bond motifs is 2. The van der Waals surface area contributed by atoms with Crippen molar-refractivity contribution in [1.29, 1.82) is 0 Å². The second-order valence-electron chi connectivity index (χ2n) is 22.0. The molecule has 66 heavy (non-hydrogen) atoms. The Morgan fingerprint density at radius 1 is 0.833 bits per heavy atom. The van der Waals surface area contributed by atoms with Crippen LogP contribution in [0.15, 0.2) is 73.1 Å². The lowest BCUT2D eigenvalue weighted by Crippen LogP contribution is -2.64. The number of aromatic nitrogens is 5. The van der Waals surface area contributed by atoms with Crippen molar-refractivity contribution >= 4 is 55.6 Å². The first-order valence-corrected chi connectivity index (χ1v) is 23.7. The summed E-state index contributed by atoms with van der Waals surface area (Å²) in [7, 11) is 1.77. The van der Waals surface area contributed by atoms with Crippen LogP contribution in [-0.2, 0) is 20.8 Å². The second kappa shape index (κ2) is 16.3. The van der Waals surface area contributed by atoms with Gasteiger partial charge in [0.25, 0.3) is 5.91 Å². The minimum Gasteiger partial charge on any atom is -0.455 e. The maximum Gasteiger partial charge on any atom is 0.410 e. The van der Waals surface area contributed by atoms with Crippen LogP contribution in [0.25, 0.3) is 43.5 Å². The number of benzene rings is 2. The summed E-state index contributed by atoms with van der Waals surface area (Å²) in [5, 5.41) is 9.15. The molecule has 13 nitrogen and oxygen atoms in total. The number of nitrogens with one attached hydrogen (secondary N) is 1. The highest BCUT2D eigenvalue weighted by Gasteiger charge is 2.66. The van der Waals surface area contributed by atoms with Gasteiger partial charge in [-0.1, -0.05) is 43.4 Å². The first kappa shape index (κ1) is 45.4. The molecule has 2 atom stereocenters. The lowest BCUT2D eigenvalue weighted by atomic mass is 9.39. The van der Waals surface area contributed by atoms with Crippen LogP contribution >= 0.6 is 11.3 Å². The zero-order valence-electron chi connectivity index (χ0n) is 39.8. The number of carbonyl (C=O) groups excluding carboxylic acids is 3. The van der Waals surface area contributed by atoms with Gasteiger partial charge in [-0.05, 0) is 146 Å². The molecule has 4 aliphatic carbocycles. The number of anilines is 1. The van der Waals surface area contributed by atoms with Crippen molar-refractivity contribution in [2.45, 2.75) is 124 Å². The van der Waals surface area contributed by atoms with Gasteiger partial charge in [0.15, 0.2) is 10.8 Å². The molecular weight excluding hydrogens is 851 g/mol. The molecule has 4 heterocycles. The monoisotopic (exact) mass is 911 g/mol. The lowest BCUT2D eigenvalue weighted by molar-refractivity contribution is -0.248. The van der Waals surface area contributed by atoms with Crippen molar-refractivity contribution < 1.29 is 28.6 Å². The molecule has 0 radical (unpaired) electrons. The number of thiazole rings is 1. The maximum absolute atomic E-state index is 14.2. The molecule has 4 bridgehead atoms. The van der Waals surface area contributed by atoms with Gasteiger partial charge in [0.05, 0.1) is 45.4 Å². The first-order valence-electron chi connectivity index (χ1n) is 22.9. The number of carbonyl (C=O) groups is 3. The number of likely N-dealkylation sites (N-methyl/N-ethyl adjacent to an activating group) is 1. The van der Waals surface area contributed by atoms with Crippen LogP contribution in [0.4, 0.5) is 9.93 Å². The zero-order chi connectivity index (χ0) is 47.0. The molecule has 346 valence electrons. The largest absolute Gasteiger partial charge is 0.455 e. The number of ether oxygens (including phenoxy) is 3. The van der Waals surface area contributed by atoms with Crippen LogP contribution < -0.4 is 5.32 Å². The van der Waals surface area contributed by atoms with E-state index in [0.717, 1.165) is 66.5 Å². The average Bonchev–Trinajstić information content (AvgIpc) is 3.78. The number of rotatable bonds is 11. The Hall–Kier alpha value is -5.73. The zero-order valence-corrected chi connectivity index (χ0v) is 40.6. The lowest BCUT2D eigenvalue weighted by Gasteiger charge is -2.69. The third-order valence-corrected chi connectivity index (χ3v) is 14.3. The normalized spacial score (nSPS) is 23.6. The van der Waals surface area contributed by atoms with Gasteiger partial charge in [-0.2, -0.15) is 5.10 Å². The summed E-state index contributed by atoms with van der Waals surface area (Å²) >= 11 is 1.42. The van der Waals surface area contributed by atoms with Crippen LogP contribution in [0, 0.1) is 23.2 Å². The number of hydrogen-bond donors (Lipinski definition) is 1. The molecule has 4 fully saturated rings. The molecule has 14 heteroatoms. The third kappa shape index (κ3) is 9.18. The van der Waals surface area contributed by atoms with Crippen molar-refractivity contribution in [3.05, 3.63) is 90.0 Å². The topological polar surface area (TPSA) is 151 Å². The van der Waals surface area contributed by atoms with Gasteiger partial charge in [0, 0.05) is 54.1 Å². The summed E-state index contributed by atoms with van der Waals surface area (Å²) in [6, 6.07) is 18.9. The molecule has 4 aliphatic rings. The van der Waals surface area contributed by atoms with E-state index >= 15 is 0 Å². The fourth-order valence-electron chi connectivity index (χ4n) is 12.1. The molecule has 0 spiro atoms. The summed E-state index contributed by atoms with van der Waals surface area (Å²) in [5.41, 5.74) is 4.31. The van der Waals surface area contributed by atoms with Gasteiger partial charge < -0.3 is 19.1 Å². The number of para-hydroxylation sites is 1. The molecule has 0 saturated heterocycles. The van der Waals surface area contributed by atoms with Crippen LogP contribution in [0.2, 0.25) is 0 Å². The van der Waals surface area contributed by atoms with E-state index in [2.05, 4.69) is 40.7 Å². The van der Waals surface area contributed by atoms with E-state index in [0.29, 0.717) is 51.6 Å². The van der Waals surface area contributed by atoms with Crippen molar-refractivity contribution in [2.75, 3.05) is 25.5 Å². The van der Waals surface area contributed by atoms with Gasteiger partial charge in [0.2, 0.25) is 0 Å². The molecule has 10 rings (SSSR count). The third-order valence-electron chi connectivity index (χ3n) is 13.4. The van der Waals surface area contributed by atoms with E-state index in [1.54, 1.807) is 24.2 Å². The van der Waals surface area contributed by atoms with E-state index in [1.807, 2.05) is 102 Å². The molecule has 2 unspecified atom stereocenters. The van der Waals surface area contributed by atoms with E-state index in [1.165, 1.54) is 11.3 Å². The smallest absolute Gasteiger partial charge is 0.410 e. The Balaban J connectivity index is 0.997. The van der Waals surface area contributed by atoms with E-state index in [-0.39, 0.29) is 39.5 Å². The predicted molar refractivity (Wildman–Crippen MR) is 258 cm³/mol. The van der Waals surface area contributed by atoms with Crippen molar-refractivity contribution in [3.8, 4) is 22.4 Å². The van der Waals surface area contributed by atoms with Gasteiger partial charge in [-0.3, -0.25) is 19.8 Å². The summed E-state index contributed by atoms with van der Waals surface area (Å²) in [4.78, 5) is 56.4. The molecule has 0 aliphatic heterocycles. The molecular formula is C52H61N7O6S. The fourth-order valence-corrected chi connectivity index (χ4v) is 12.9. The van der Waals surface area contributed by atoms with Gasteiger partial charge in [-0.25, -0.2) is 19.6 Å². The van der Waals surface area contributed by atoms with Crippen LogP contribution in [-0.4, -0.2) is 84.6 Å².